The zero-order chi connectivity index (χ0) is 27.5. The largest absolute Gasteiger partial charge is 0.446 e. The highest BCUT2D eigenvalue weighted by Gasteiger charge is 2.23. The summed E-state index contributed by atoms with van der Waals surface area (Å²) in [6.45, 7) is 3.43. The van der Waals surface area contributed by atoms with Crippen LogP contribution in [-0.2, 0) is 4.74 Å². The van der Waals surface area contributed by atoms with E-state index >= 15 is 0 Å². The summed E-state index contributed by atoms with van der Waals surface area (Å²) in [5, 5.41) is 8.51. The van der Waals surface area contributed by atoms with Crippen molar-refractivity contribution in [3.05, 3.63) is 90.0 Å². The third-order valence-corrected chi connectivity index (χ3v) is 6.59. The topological polar surface area (TPSA) is 126 Å². The van der Waals surface area contributed by atoms with E-state index in [0.29, 0.717) is 43.0 Å². The van der Waals surface area contributed by atoms with Crippen LogP contribution >= 0.6 is 0 Å². The number of ether oxygens (including phenoxy) is 1. The molecule has 9 nitrogen and oxygen atoms in total. The van der Waals surface area contributed by atoms with Gasteiger partial charge in [-0.05, 0) is 42.7 Å². The Kier molecular flexibility index (Phi) is 10.0. The molecule has 1 saturated heterocycles. The minimum atomic E-state index is -0.456. The van der Waals surface area contributed by atoms with Gasteiger partial charge in [0.05, 0.1) is 5.69 Å². The predicted molar refractivity (Wildman–Crippen MR) is 152 cm³/mol. The van der Waals surface area contributed by atoms with Crippen LogP contribution in [0.3, 0.4) is 0 Å². The van der Waals surface area contributed by atoms with Crippen molar-refractivity contribution in [2.45, 2.75) is 18.9 Å². The van der Waals surface area contributed by atoms with Crippen LogP contribution in [0.4, 0.5) is 10.5 Å². The first kappa shape index (κ1) is 27.8. The van der Waals surface area contributed by atoms with Crippen LogP contribution in [0.15, 0.2) is 78.9 Å². The van der Waals surface area contributed by atoms with Crippen molar-refractivity contribution in [2.24, 2.45) is 5.73 Å². The molecule has 1 aliphatic rings. The molecular weight excluding hydrogens is 494 g/mol. The molecule has 3 aromatic carbocycles. The quantitative estimate of drug-likeness (QED) is 0.319. The van der Waals surface area contributed by atoms with Gasteiger partial charge in [-0.2, -0.15) is 0 Å². The molecule has 3 amide bonds. The van der Waals surface area contributed by atoms with Crippen molar-refractivity contribution >= 4 is 23.6 Å². The maximum Gasteiger partial charge on any atom is 0.411 e. The predicted octanol–water partition coefficient (Wildman–Crippen LogP) is 3.49. The normalized spacial score (nSPS) is 13.9. The molecule has 9 heteroatoms. The van der Waals surface area contributed by atoms with Crippen LogP contribution < -0.4 is 21.7 Å². The van der Waals surface area contributed by atoms with Gasteiger partial charge in [-0.3, -0.25) is 14.9 Å². The minimum Gasteiger partial charge on any atom is -0.446 e. The van der Waals surface area contributed by atoms with Gasteiger partial charge in [-0.1, -0.05) is 54.6 Å². The molecular formula is C30H35N5O4. The number of carbonyl (C=O) groups excluding carboxylic acids is 3. The lowest BCUT2D eigenvalue weighted by Crippen LogP contribution is -2.42. The van der Waals surface area contributed by atoms with Crippen molar-refractivity contribution in [3.8, 4) is 11.1 Å². The molecule has 1 heterocycles. The number of hydrogen-bond acceptors (Lipinski definition) is 6. The number of hydrogen-bond donors (Lipinski definition) is 4. The van der Waals surface area contributed by atoms with Gasteiger partial charge in [0.15, 0.2) is 0 Å². The average Bonchev–Trinajstić information content (AvgIpc) is 2.97. The zero-order valence-corrected chi connectivity index (χ0v) is 21.9. The summed E-state index contributed by atoms with van der Waals surface area (Å²) in [5.74, 6) is -0.483. The summed E-state index contributed by atoms with van der Waals surface area (Å²) < 4.78 is 5.70. The van der Waals surface area contributed by atoms with E-state index in [2.05, 4.69) is 20.9 Å². The zero-order valence-electron chi connectivity index (χ0n) is 21.9. The lowest BCUT2D eigenvalue weighted by Gasteiger charge is -2.31. The Hall–Kier alpha value is -4.21. The number of anilines is 1. The molecule has 0 unspecified atom stereocenters. The first-order valence-electron chi connectivity index (χ1n) is 13.2. The van der Waals surface area contributed by atoms with Crippen LogP contribution in [0.1, 0.15) is 33.6 Å². The van der Waals surface area contributed by atoms with Gasteiger partial charge in [-0.15, -0.1) is 0 Å². The second-order valence-electron chi connectivity index (χ2n) is 9.36. The van der Waals surface area contributed by atoms with Gasteiger partial charge in [0, 0.05) is 56.0 Å². The monoisotopic (exact) mass is 529 g/mol. The van der Waals surface area contributed by atoms with Crippen molar-refractivity contribution in [1.82, 2.24) is 15.5 Å². The van der Waals surface area contributed by atoms with Crippen molar-refractivity contribution < 1.29 is 19.1 Å². The Morgan fingerprint density at radius 3 is 2.15 bits per heavy atom. The molecule has 0 radical (unpaired) electrons. The number of piperidine rings is 1. The van der Waals surface area contributed by atoms with Gasteiger partial charge in [0.25, 0.3) is 11.8 Å². The highest BCUT2D eigenvalue weighted by molar-refractivity contribution is 5.99. The first-order valence-corrected chi connectivity index (χ1v) is 13.2. The molecule has 0 spiro atoms. The maximum atomic E-state index is 12.6. The van der Waals surface area contributed by atoms with Gasteiger partial charge in [0.1, 0.15) is 6.10 Å². The molecule has 5 N–H and O–H groups in total. The number of amides is 3. The molecule has 0 bridgehead atoms. The van der Waals surface area contributed by atoms with Gasteiger partial charge in [0.2, 0.25) is 0 Å². The third-order valence-electron chi connectivity index (χ3n) is 6.59. The summed E-state index contributed by atoms with van der Waals surface area (Å²) in [6.07, 6.45) is 0.833. The van der Waals surface area contributed by atoms with Gasteiger partial charge >= 0.3 is 6.09 Å². The highest BCUT2D eigenvalue weighted by Crippen LogP contribution is 2.28. The smallest absolute Gasteiger partial charge is 0.411 e. The second kappa shape index (κ2) is 14.1. The fourth-order valence-electron chi connectivity index (χ4n) is 4.52. The Balaban J connectivity index is 1.18. The number of nitrogens with zero attached hydrogens (tertiary/aromatic N) is 1. The van der Waals surface area contributed by atoms with E-state index in [9.17, 15) is 14.4 Å². The van der Waals surface area contributed by atoms with Crippen LogP contribution in [0.2, 0.25) is 0 Å². The fraction of sp³-hybridized carbons (Fsp3) is 0.300. The standard InChI is InChI=1S/C30H35N5O4/c31-15-16-32-28(36)23-9-6-10-24(21-23)29(37)33-17-20-35-18-13-25(14-19-35)39-30(38)34-27-12-5-4-11-26(27)22-7-2-1-3-8-22/h1-12,21,25H,13-20,31H2,(H,32,36)(H,33,37)(H,34,38). The molecule has 204 valence electrons. The fourth-order valence-corrected chi connectivity index (χ4v) is 4.52. The van der Waals surface area contributed by atoms with Crippen molar-refractivity contribution in [2.75, 3.05) is 44.6 Å². The van der Waals surface area contributed by atoms with Crippen LogP contribution in [0.25, 0.3) is 11.1 Å². The molecule has 1 aliphatic heterocycles. The Morgan fingerprint density at radius 2 is 1.46 bits per heavy atom. The summed E-state index contributed by atoms with van der Waals surface area (Å²) in [7, 11) is 0. The Labute approximate surface area is 228 Å². The van der Waals surface area contributed by atoms with E-state index in [0.717, 1.165) is 37.1 Å². The van der Waals surface area contributed by atoms with E-state index in [1.54, 1.807) is 24.3 Å². The Bertz CT molecular complexity index is 1260. The minimum absolute atomic E-state index is 0.159. The summed E-state index contributed by atoms with van der Waals surface area (Å²) in [6, 6.07) is 24.2. The van der Waals surface area contributed by atoms with Gasteiger partial charge in [-0.25, -0.2) is 4.79 Å². The summed E-state index contributed by atoms with van der Waals surface area (Å²) in [5.41, 5.74) is 8.95. The van der Waals surface area contributed by atoms with Crippen LogP contribution in [0.5, 0.6) is 0 Å². The molecule has 0 saturated carbocycles. The number of nitrogens with one attached hydrogen (secondary N) is 3. The van der Waals surface area contributed by atoms with E-state index < -0.39 is 6.09 Å². The lowest BCUT2D eigenvalue weighted by molar-refractivity contribution is 0.0587. The number of para-hydroxylation sites is 1. The molecule has 0 aliphatic carbocycles. The molecule has 3 aromatic rings. The molecule has 0 atom stereocenters. The first-order chi connectivity index (χ1) is 19.0. The molecule has 39 heavy (non-hydrogen) atoms. The number of likely N-dealkylation sites (tertiary alicyclic amines) is 1. The number of carbonyl (C=O) groups is 3. The van der Waals surface area contributed by atoms with Gasteiger partial charge < -0.3 is 26.0 Å². The third kappa shape index (κ3) is 8.13. The number of benzene rings is 3. The Morgan fingerprint density at radius 1 is 0.821 bits per heavy atom. The molecule has 0 aromatic heterocycles. The summed E-state index contributed by atoms with van der Waals surface area (Å²) >= 11 is 0. The number of rotatable bonds is 10. The van der Waals surface area contributed by atoms with E-state index in [1.165, 1.54) is 0 Å². The van der Waals surface area contributed by atoms with E-state index in [4.69, 9.17) is 10.5 Å². The second-order valence-corrected chi connectivity index (χ2v) is 9.36. The summed E-state index contributed by atoms with van der Waals surface area (Å²) in [4.78, 5) is 39.5. The van der Waals surface area contributed by atoms with E-state index in [1.807, 2.05) is 54.6 Å². The van der Waals surface area contributed by atoms with Crippen LogP contribution in [-0.4, -0.2) is 68.2 Å². The van der Waals surface area contributed by atoms with Crippen molar-refractivity contribution in [3.63, 3.8) is 0 Å². The lowest BCUT2D eigenvalue weighted by atomic mass is 10.0. The highest BCUT2D eigenvalue weighted by atomic mass is 16.6. The SMILES string of the molecule is NCCNC(=O)c1cccc(C(=O)NCCN2CCC(OC(=O)Nc3ccccc3-c3ccccc3)CC2)c1. The molecule has 1 fully saturated rings. The maximum absolute atomic E-state index is 12.6. The molecule has 4 rings (SSSR count). The van der Waals surface area contributed by atoms with E-state index in [-0.39, 0.29) is 17.9 Å². The average molecular weight is 530 g/mol. The van der Waals surface area contributed by atoms with Crippen LogP contribution in [0, 0.1) is 0 Å². The number of nitrogens with two attached hydrogens (primary N) is 1. The van der Waals surface area contributed by atoms with Crippen molar-refractivity contribution in [1.29, 1.82) is 0 Å².